The molecule has 2 nitrogen and oxygen atoms in total. The molecule has 13 heavy (non-hydrogen) atoms. The van der Waals surface area contributed by atoms with Crippen LogP contribution in [-0.4, -0.2) is 25.4 Å². The summed E-state index contributed by atoms with van der Waals surface area (Å²) in [6.45, 7) is 0. The molecule has 0 aromatic heterocycles. The number of rotatable bonds is 2. The highest BCUT2D eigenvalue weighted by Gasteiger charge is 2.39. The van der Waals surface area contributed by atoms with Crippen LogP contribution in [0.15, 0.2) is 0 Å². The Hall–Kier alpha value is -1.25. The lowest BCUT2D eigenvalue weighted by Crippen LogP contribution is -2.25. The van der Waals surface area contributed by atoms with Gasteiger partial charge in [-0.1, -0.05) is 5.92 Å². The maximum atomic E-state index is 12.1. The van der Waals surface area contributed by atoms with Crippen LogP contribution in [0, 0.1) is 11.8 Å². The molecule has 0 aromatic carbocycles. The van der Waals surface area contributed by atoms with E-state index in [1.54, 1.807) is 11.8 Å². The molecule has 0 saturated heterocycles. The fourth-order valence-corrected chi connectivity index (χ4v) is 0.362. The van der Waals surface area contributed by atoms with Crippen LogP contribution in [0.4, 0.5) is 17.6 Å². The fourth-order valence-electron chi connectivity index (χ4n) is 0.362. The van der Waals surface area contributed by atoms with E-state index >= 15 is 0 Å². The van der Waals surface area contributed by atoms with Gasteiger partial charge in [0.15, 0.2) is 0 Å². The highest BCUT2D eigenvalue weighted by atomic mass is 19.3. The third kappa shape index (κ3) is 4.35. The normalized spacial score (nSPS) is 10.6. The molecule has 0 fully saturated rings. The summed E-state index contributed by atoms with van der Waals surface area (Å²) in [4.78, 5) is 10.2. The molecule has 0 unspecified atom stereocenters. The molecule has 0 aliphatic carbocycles. The average Bonchev–Trinajstić information content (AvgIpc) is 2.03. The van der Waals surface area contributed by atoms with E-state index in [1.807, 2.05) is 0 Å². The molecule has 0 atom stereocenters. The van der Waals surface area contributed by atoms with Crippen molar-refractivity contribution in [2.45, 2.75) is 18.8 Å². The molecule has 0 amide bonds. The van der Waals surface area contributed by atoms with E-state index in [1.165, 1.54) is 0 Å². The Labute approximate surface area is 71.9 Å². The molecule has 0 saturated carbocycles. The topological polar surface area (TPSA) is 26.3 Å². The third-order valence-corrected chi connectivity index (χ3v) is 1.02. The zero-order chi connectivity index (χ0) is 10.5. The second-order valence-electron chi connectivity index (χ2n) is 2.03. The number of alkyl halides is 4. The van der Waals surface area contributed by atoms with Crippen LogP contribution in [0.25, 0.3) is 0 Å². The first-order chi connectivity index (χ1) is 5.90. The monoisotopic (exact) mass is 198 g/mol. The first-order valence-corrected chi connectivity index (χ1v) is 3.13. The second-order valence-corrected chi connectivity index (χ2v) is 2.03. The predicted octanol–water partition coefficient (Wildman–Crippen LogP) is 1.45. The van der Waals surface area contributed by atoms with Gasteiger partial charge in [-0.05, 0) is 0 Å². The van der Waals surface area contributed by atoms with Gasteiger partial charge in [-0.3, -0.25) is 0 Å². The molecule has 74 valence electrons. The third-order valence-electron chi connectivity index (χ3n) is 1.02. The van der Waals surface area contributed by atoms with Crippen molar-refractivity contribution in [3.05, 3.63) is 0 Å². The van der Waals surface area contributed by atoms with E-state index in [-0.39, 0.29) is 0 Å². The lowest BCUT2D eigenvalue weighted by Gasteiger charge is -2.10. The van der Waals surface area contributed by atoms with Crippen molar-refractivity contribution in [2.75, 3.05) is 7.11 Å². The molecule has 0 rings (SSSR count). The van der Waals surface area contributed by atoms with Crippen molar-refractivity contribution >= 4 is 5.97 Å². The van der Waals surface area contributed by atoms with Crippen LogP contribution in [-0.2, 0) is 9.53 Å². The van der Waals surface area contributed by atoms with Gasteiger partial charge < -0.3 is 4.74 Å². The van der Waals surface area contributed by atoms with Crippen molar-refractivity contribution in [3.63, 3.8) is 0 Å². The standard InChI is InChI=1S/C7H6F4O2/c1-13-5(12)3-2-4-7(10,11)6(8)9/h6H,4H2,1H3. The summed E-state index contributed by atoms with van der Waals surface area (Å²) in [7, 11) is 1.00. The zero-order valence-electron chi connectivity index (χ0n) is 6.61. The summed E-state index contributed by atoms with van der Waals surface area (Å²) in [5.41, 5.74) is 0. The molecule has 6 heteroatoms. The van der Waals surface area contributed by atoms with Crippen molar-refractivity contribution < 1.29 is 27.1 Å². The van der Waals surface area contributed by atoms with Crippen LogP contribution in [0.5, 0.6) is 0 Å². The Morgan fingerprint density at radius 1 is 1.54 bits per heavy atom. The number of halogens is 4. The van der Waals surface area contributed by atoms with E-state index in [4.69, 9.17) is 0 Å². The zero-order valence-corrected chi connectivity index (χ0v) is 6.61. The van der Waals surface area contributed by atoms with Crippen LogP contribution < -0.4 is 0 Å². The van der Waals surface area contributed by atoms with Crippen molar-refractivity contribution in [1.29, 1.82) is 0 Å². The molecule has 0 aliphatic rings. The highest BCUT2D eigenvalue weighted by molar-refractivity contribution is 5.88. The smallest absolute Gasteiger partial charge is 0.384 e. The molecule has 0 aromatic rings. The van der Waals surface area contributed by atoms with E-state index in [9.17, 15) is 22.4 Å². The van der Waals surface area contributed by atoms with Crippen molar-refractivity contribution in [2.24, 2.45) is 0 Å². The lowest BCUT2D eigenvalue weighted by atomic mass is 10.2. The Kier molecular flexibility index (Phi) is 4.25. The van der Waals surface area contributed by atoms with Gasteiger partial charge in [-0.15, -0.1) is 0 Å². The van der Waals surface area contributed by atoms with Crippen LogP contribution >= 0.6 is 0 Å². The quantitative estimate of drug-likeness (QED) is 0.290. The van der Waals surface area contributed by atoms with Gasteiger partial charge in [0.1, 0.15) is 0 Å². The van der Waals surface area contributed by atoms with E-state index in [0.717, 1.165) is 7.11 Å². The molecular formula is C7H6F4O2. The largest absolute Gasteiger partial charge is 0.459 e. The number of carbonyl (C=O) groups is 1. The Morgan fingerprint density at radius 3 is 2.46 bits per heavy atom. The van der Waals surface area contributed by atoms with Gasteiger partial charge >= 0.3 is 18.3 Å². The number of esters is 1. The Bertz CT molecular complexity index is 239. The summed E-state index contributed by atoms with van der Waals surface area (Å²) in [5, 5.41) is 0. The second kappa shape index (κ2) is 4.70. The van der Waals surface area contributed by atoms with Crippen molar-refractivity contribution in [1.82, 2.24) is 0 Å². The summed E-state index contributed by atoms with van der Waals surface area (Å²) in [6, 6.07) is 0. The Morgan fingerprint density at radius 2 is 2.08 bits per heavy atom. The van der Waals surface area contributed by atoms with Crippen LogP contribution in [0.1, 0.15) is 6.42 Å². The molecule has 0 aliphatic heterocycles. The lowest BCUT2D eigenvalue weighted by molar-refractivity contribution is -0.133. The van der Waals surface area contributed by atoms with E-state index < -0.39 is 24.7 Å². The van der Waals surface area contributed by atoms with Crippen LogP contribution in [0.3, 0.4) is 0 Å². The Balaban J connectivity index is 4.13. The SMILES string of the molecule is COC(=O)C#CCC(F)(F)C(F)F. The van der Waals surface area contributed by atoms with E-state index in [0.29, 0.717) is 0 Å². The summed E-state index contributed by atoms with van der Waals surface area (Å²) >= 11 is 0. The number of hydrogen-bond donors (Lipinski definition) is 0. The predicted molar refractivity (Wildman–Crippen MR) is 35.4 cm³/mol. The minimum Gasteiger partial charge on any atom is -0.459 e. The maximum Gasteiger partial charge on any atom is 0.384 e. The number of hydrogen-bond acceptors (Lipinski definition) is 2. The van der Waals surface area contributed by atoms with Gasteiger partial charge in [0, 0.05) is 5.92 Å². The summed E-state index contributed by atoms with van der Waals surface area (Å²) in [6.07, 6.45) is -5.14. The first kappa shape index (κ1) is 11.8. The highest BCUT2D eigenvalue weighted by Crippen LogP contribution is 2.25. The van der Waals surface area contributed by atoms with Crippen molar-refractivity contribution in [3.8, 4) is 11.8 Å². The maximum absolute atomic E-state index is 12.1. The van der Waals surface area contributed by atoms with Gasteiger partial charge in [-0.25, -0.2) is 13.6 Å². The first-order valence-electron chi connectivity index (χ1n) is 3.13. The fraction of sp³-hybridized carbons (Fsp3) is 0.571. The molecule has 0 N–H and O–H groups in total. The summed E-state index contributed by atoms with van der Waals surface area (Å²) in [5.74, 6) is -1.99. The molecule has 0 bridgehead atoms. The number of carbonyl (C=O) groups excluding carboxylic acids is 1. The minimum atomic E-state index is -4.18. The average molecular weight is 198 g/mol. The molecular weight excluding hydrogens is 192 g/mol. The van der Waals surface area contributed by atoms with Gasteiger partial charge in [-0.2, -0.15) is 8.78 Å². The minimum absolute atomic E-state index is 1.00. The van der Waals surface area contributed by atoms with E-state index in [2.05, 4.69) is 4.74 Å². The molecule has 0 spiro atoms. The molecule has 0 radical (unpaired) electrons. The number of ether oxygens (including phenoxy) is 1. The van der Waals surface area contributed by atoms with Gasteiger partial charge in [0.25, 0.3) is 0 Å². The number of methoxy groups -OCH3 is 1. The summed E-state index contributed by atoms with van der Waals surface area (Å²) < 4.78 is 51.1. The van der Waals surface area contributed by atoms with Gasteiger partial charge in [0.2, 0.25) is 0 Å². The van der Waals surface area contributed by atoms with Crippen LogP contribution in [0.2, 0.25) is 0 Å². The van der Waals surface area contributed by atoms with Gasteiger partial charge in [0.05, 0.1) is 13.5 Å². The molecule has 0 heterocycles.